The van der Waals surface area contributed by atoms with E-state index in [0.29, 0.717) is 6.04 Å². The summed E-state index contributed by atoms with van der Waals surface area (Å²) in [4.78, 5) is 6.90. The van der Waals surface area contributed by atoms with Crippen LogP contribution in [0, 0.1) is 6.92 Å². The van der Waals surface area contributed by atoms with Gasteiger partial charge in [-0.15, -0.1) is 11.3 Å². The molecule has 0 atom stereocenters. The molecule has 98 valence electrons. The molecule has 0 bridgehead atoms. The first-order valence-corrected chi connectivity index (χ1v) is 7.28. The summed E-state index contributed by atoms with van der Waals surface area (Å²) in [6.45, 7) is 9.65. The molecule has 0 aliphatic rings. The van der Waals surface area contributed by atoms with Crippen LogP contribution in [0.15, 0.2) is 12.1 Å². The van der Waals surface area contributed by atoms with Gasteiger partial charge in [-0.2, -0.15) is 0 Å². The van der Waals surface area contributed by atoms with Gasteiger partial charge in [-0.05, 0) is 39.3 Å². The molecule has 1 heterocycles. The first-order chi connectivity index (χ1) is 8.52. The number of hydrogen-bond donors (Lipinski definition) is 1. The number of aromatic nitrogens is 1. The molecule has 3 nitrogen and oxygen atoms in total. The van der Waals surface area contributed by atoms with Gasteiger partial charge in [-0.25, -0.2) is 4.98 Å². The Morgan fingerprint density at radius 1 is 1.39 bits per heavy atom. The molecule has 18 heavy (non-hydrogen) atoms. The summed E-state index contributed by atoms with van der Waals surface area (Å²) in [6, 6.07) is 4.63. The largest absolute Gasteiger partial charge is 0.397 e. The molecule has 0 fully saturated rings. The zero-order valence-corrected chi connectivity index (χ0v) is 12.3. The number of nitrogens with two attached hydrogens (primary N) is 1. The van der Waals surface area contributed by atoms with Gasteiger partial charge in [0.1, 0.15) is 0 Å². The fraction of sp³-hybridized carbons (Fsp3) is 0.500. The van der Waals surface area contributed by atoms with Crippen molar-refractivity contribution in [3.8, 4) is 0 Å². The molecule has 4 heteroatoms. The van der Waals surface area contributed by atoms with Crippen LogP contribution in [0.4, 0.5) is 11.4 Å². The predicted molar refractivity (Wildman–Crippen MR) is 81.5 cm³/mol. The highest BCUT2D eigenvalue weighted by atomic mass is 32.1. The second-order valence-electron chi connectivity index (χ2n) is 4.90. The minimum atomic E-state index is 0.449. The Bertz CT molecular complexity index is 545. The summed E-state index contributed by atoms with van der Waals surface area (Å²) < 4.78 is 1.17. The second-order valence-corrected chi connectivity index (χ2v) is 6.13. The third-order valence-electron chi connectivity index (χ3n) is 3.04. The van der Waals surface area contributed by atoms with Crippen molar-refractivity contribution in [2.24, 2.45) is 0 Å². The normalized spacial score (nSPS) is 11.4. The Morgan fingerprint density at radius 3 is 2.72 bits per heavy atom. The number of hydrogen-bond acceptors (Lipinski definition) is 4. The van der Waals surface area contributed by atoms with Gasteiger partial charge in [0.05, 0.1) is 26.6 Å². The molecule has 1 aromatic carbocycles. The lowest BCUT2D eigenvalue weighted by molar-refractivity contribution is 0.672. The zero-order chi connectivity index (χ0) is 13.3. The van der Waals surface area contributed by atoms with Crippen molar-refractivity contribution in [1.82, 2.24) is 4.98 Å². The van der Waals surface area contributed by atoms with Gasteiger partial charge in [0.25, 0.3) is 0 Å². The molecule has 0 unspecified atom stereocenters. The highest BCUT2D eigenvalue weighted by molar-refractivity contribution is 7.18. The number of fused-ring (bicyclic) bond motifs is 1. The van der Waals surface area contributed by atoms with E-state index in [0.717, 1.165) is 34.9 Å². The van der Waals surface area contributed by atoms with Crippen molar-refractivity contribution in [1.29, 1.82) is 0 Å². The summed E-state index contributed by atoms with van der Waals surface area (Å²) >= 11 is 1.70. The smallest absolute Gasteiger partial charge is 0.0907 e. The van der Waals surface area contributed by atoms with Crippen molar-refractivity contribution in [2.45, 2.75) is 40.2 Å². The van der Waals surface area contributed by atoms with E-state index in [1.54, 1.807) is 11.3 Å². The van der Waals surface area contributed by atoms with E-state index in [2.05, 4.69) is 42.8 Å². The predicted octanol–water partition coefficient (Wildman–Crippen LogP) is 3.81. The maximum absolute atomic E-state index is 6.20. The molecule has 0 amide bonds. The van der Waals surface area contributed by atoms with Gasteiger partial charge < -0.3 is 10.6 Å². The summed E-state index contributed by atoms with van der Waals surface area (Å²) in [6.07, 6.45) is 1.12. The third kappa shape index (κ3) is 2.43. The van der Waals surface area contributed by atoms with E-state index in [1.807, 2.05) is 6.92 Å². The zero-order valence-electron chi connectivity index (χ0n) is 11.5. The Kier molecular flexibility index (Phi) is 3.76. The fourth-order valence-electron chi connectivity index (χ4n) is 2.24. The number of rotatable bonds is 4. The van der Waals surface area contributed by atoms with E-state index in [4.69, 9.17) is 5.73 Å². The monoisotopic (exact) mass is 263 g/mol. The fourth-order valence-corrected chi connectivity index (χ4v) is 3.10. The quantitative estimate of drug-likeness (QED) is 0.853. The van der Waals surface area contributed by atoms with Crippen molar-refractivity contribution in [3.05, 3.63) is 17.1 Å². The molecule has 0 aliphatic heterocycles. The van der Waals surface area contributed by atoms with Crippen molar-refractivity contribution < 1.29 is 0 Å². The maximum atomic E-state index is 6.20. The van der Waals surface area contributed by atoms with Gasteiger partial charge >= 0.3 is 0 Å². The van der Waals surface area contributed by atoms with E-state index in [1.165, 1.54) is 4.70 Å². The van der Waals surface area contributed by atoms with Gasteiger partial charge in [0.15, 0.2) is 0 Å². The summed E-state index contributed by atoms with van der Waals surface area (Å²) in [5.41, 5.74) is 9.23. The van der Waals surface area contributed by atoms with Crippen LogP contribution in [-0.4, -0.2) is 17.6 Å². The van der Waals surface area contributed by atoms with Crippen LogP contribution >= 0.6 is 11.3 Å². The van der Waals surface area contributed by atoms with E-state index in [9.17, 15) is 0 Å². The topological polar surface area (TPSA) is 42.2 Å². The minimum Gasteiger partial charge on any atom is -0.397 e. The molecule has 1 aromatic heterocycles. The number of nitrogens with zero attached hydrogens (tertiary/aromatic N) is 2. The maximum Gasteiger partial charge on any atom is 0.0907 e. The molecule has 2 N–H and O–H groups in total. The first-order valence-electron chi connectivity index (χ1n) is 6.46. The standard InChI is InChI=1S/C14H21N3S/c1-5-6-17(9(2)3)13-8-12-14(7-11(13)15)18-10(4)16-12/h7-9H,5-6,15H2,1-4H3. The van der Waals surface area contributed by atoms with Crippen LogP contribution in [-0.2, 0) is 0 Å². The molecule has 0 saturated carbocycles. The molecular weight excluding hydrogens is 242 g/mol. The number of anilines is 2. The molecule has 0 spiro atoms. The Balaban J connectivity index is 2.50. The molecule has 2 rings (SSSR count). The Labute approximate surface area is 113 Å². The highest BCUT2D eigenvalue weighted by Gasteiger charge is 2.14. The lowest BCUT2D eigenvalue weighted by Crippen LogP contribution is -2.32. The van der Waals surface area contributed by atoms with Crippen molar-refractivity contribution >= 4 is 32.9 Å². The van der Waals surface area contributed by atoms with Crippen LogP contribution in [0.5, 0.6) is 0 Å². The Hall–Kier alpha value is -1.29. The average Bonchev–Trinajstić information content (AvgIpc) is 2.64. The molecular formula is C14H21N3S. The average molecular weight is 263 g/mol. The summed E-state index contributed by atoms with van der Waals surface area (Å²) in [5, 5.41) is 1.09. The van der Waals surface area contributed by atoms with Crippen LogP contribution in [0.3, 0.4) is 0 Å². The minimum absolute atomic E-state index is 0.449. The third-order valence-corrected chi connectivity index (χ3v) is 3.97. The number of thiazole rings is 1. The second kappa shape index (κ2) is 5.14. The van der Waals surface area contributed by atoms with Gasteiger partial charge in [0.2, 0.25) is 0 Å². The first kappa shape index (κ1) is 13.1. The van der Waals surface area contributed by atoms with E-state index < -0.39 is 0 Å². The van der Waals surface area contributed by atoms with Crippen molar-refractivity contribution in [2.75, 3.05) is 17.2 Å². The SMILES string of the molecule is CCCN(c1cc2nc(C)sc2cc1N)C(C)C. The van der Waals surface area contributed by atoms with Gasteiger partial charge in [0, 0.05) is 12.6 Å². The van der Waals surface area contributed by atoms with Gasteiger partial charge in [-0.3, -0.25) is 0 Å². The number of aryl methyl sites for hydroxylation is 1. The summed E-state index contributed by atoms with van der Waals surface area (Å²) in [7, 11) is 0. The van der Waals surface area contributed by atoms with E-state index in [-0.39, 0.29) is 0 Å². The molecule has 0 saturated heterocycles. The highest BCUT2D eigenvalue weighted by Crippen LogP contribution is 2.33. The van der Waals surface area contributed by atoms with Gasteiger partial charge in [-0.1, -0.05) is 6.92 Å². The lowest BCUT2D eigenvalue weighted by atomic mass is 10.2. The van der Waals surface area contributed by atoms with E-state index >= 15 is 0 Å². The summed E-state index contributed by atoms with van der Waals surface area (Å²) in [5.74, 6) is 0. The number of benzene rings is 1. The Morgan fingerprint density at radius 2 is 2.11 bits per heavy atom. The van der Waals surface area contributed by atoms with Crippen LogP contribution in [0.2, 0.25) is 0 Å². The molecule has 0 radical (unpaired) electrons. The number of nitrogen functional groups attached to an aromatic ring is 1. The van der Waals surface area contributed by atoms with Crippen LogP contribution < -0.4 is 10.6 Å². The lowest BCUT2D eigenvalue weighted by Gasteiger charge is -2.29. The molecule has 2 aromatic rings. The van der Waals surface area contributed by atoms with Crippen LogP contribution in [0.25, 0.3) is 10.2 Å². The van der Waals surface area contributed by atoms with Crippen LogP contribution in [0.1, 0.15) is 32.2 Å². The van der Waals surface area contributed by atoms with Crippen molar-refractivity contribution in [3.63, 3.8) is 0 Å². The molecule has 0 aliphatic carbocycles.